The van der Waals surface area contributed by atoms with Crippen LogP contribution < -0.4 is 5.32 Å². The van der Waals surface area contributed by atoms with Crippen molar-refractivity contribution >= 4 is 23.5 Å². The van der Waals surface area contributed by atoms with Crippen molar-refractivity contribution < 1.29 is 14.7 Å². The maximum atomic E-state index is 12.0. The fraction of sp³-hybridized carbons (Fsp3) is 0.154. The number of hydrogen-bond acceptors (Lipinski definition) is 3. The van der Waals surface area contributed by atoms with E-state index in [1.165, 1.54) is 11.7 Å². The summed E-state index contributed by atoms with van der Waals surface area (Å²) in [7, 11) is 1.52. The lowest BCUT2D eigenvalue weighted by molar-refractivity contribution is 0.0690. The van der Waals surface area contributed by atoms with Crippen molar-refractivity contribution in [1.29, 1.82) is 0 Å². The number of nitrogens with zero attached hydrogens (tertiary/aromatic N) is 2. The molecule has 2 N–H and O–H groups in total. The summed E-state index contributed by atoms with van der Waals surface area (Å²) in [6.07, 6.45) is 1.15. The van der Waals surface area contributed by atoms with E-state index in [0.717, 1.165) is 11.8 Å². The fourth-order valence-corrected chi connectivity index (χ4v) is 1.86. The Morgan fingerprint density at radius 2 is 2.00 bits per heavy atom. The van der Waals surface area contributed by atoms with Crippen molar-refractivity contribution in [1.82, 2.24) is 15.1 Å². The lowest BCUT2D eigenvalue weighted by atomic mass is 10.2. The number of aromatic carboxylic acids is 1. The molecule has 1 aromatic carbocycles. The zero-order valence-electron chi connectivity index (χ0n) is 10.6. The number of aryl methyl sites for hydroxylation is 1. The van der Waals surface area contributed by atoms with Crippen molar-refractivity contribution in [3.8, 4) is 0 Å². The van der Waals surface area contributed by atoms with Crippen LogP contribution in [0.15, 0.2) is 30.5 Å². The van der Waals surface area contributed by atoms with Crippen LogP contribution in [0, 0.1) is 0 Å². The molecule has 2 aromatic rings. The Morgan fingerprint density at radius 1 is 1.35 bits per heavy atom. The molecular weight excluding hydrogens is 282 g/mol. The highest BCUT2D eigenvalue weighted by Gasteiger charge is 2.21. The SMILES string of the molecule is Cn1ncc(C(=O)O)c1C(=O)NCc1ccc(Cl)cc1. The molecule has 0 unspecified atom stereocenters. The summed E-state index contributed by atoms with van der Waals surface area (Å²) in [5, 5.41) is 16.0. The third-order valence-corrected chi connectivity index (χ3v) is 3.00. The van der Waals surface area contributed by atoms with Gasteiger partial charge in [-0.15, -0.1) is 0 Å². The van der Waals surface area contributed by atoms with E-state index in [2.05, 4.69) is 10.4 Å². The van der Waals surface area contributed by atoms with Gasteiger partial charge in [-0.2, -0.15) is 5.10 Å². The van der Waals surface area contributed by atoms with Crippen LogP contribution >= 0.6 is 11.6 Å². The van der Waals surface area contributed by atoms with Gasteiger partial charge in [-0.1, -0.05) is 23.7 Å². The monoisotopic (exact) mass is 293 g/mol. The molecule has 0 spiro atoms. The lowest BCUT2D eigenvalue weighted by Gasteiger charge is -2.06. The molecule has 0 saturated heterocycles. The van der Waals surface area contributed by atoms with Crippen LogP contribution in [0.4, 0.5) is 0 Å². The third kappa shape index (κ3) is 2.97. The minimum atomic E-state index is -1.19. The van der Waals surface area contributed by atoms with Gasteiger partial charge in [-0.3, -0.25) is 9.48 Å². The maximum absolute atomic E-state index is 12.0. The summed E-state index contributed by atoms with van der Waals surface area (Å²) in [5.41, 5.74) is 0.759. The molecule has 1 aromatic heterocycles. The summed E-state index contributed by atoms with van der Waals surface area (Å²) in [5.74, 6) is -1.67. The van der Waals surface area contributed by atoms with Gasteiger partial charge in [-0.25, -0.2) is 4.79 Å². The minimum absolute atomic E-state index is 0.0199. The third-order valence-electron chi connectivity index (χ3n) is 2.75. The zero-order valence-corrected chi connectivity index (χ0v) is 11.4. The molecule has 20 heavy (non-hydrogen) atoms. The van der Waals surface area contributed by atoms with Crippen molar-refractivity contribution in [2.45, 2.75) is 6.54 Å². The second kappa shape index (κ2) is 5.75. The maximum Gasteiger partial charge on any atom is 0.339 e. The predicted molar refractivity (Wildman–Crippen MR) is 72.8 cm³/mol. The standard InChI is InChI=1S/C13H12ClN3O3/c1-17-11(10(7-16-17)13(19)20)12(18)15-6-8-2-4-9(14)5-3-8/h2-5,7H,6H2,1H3,(H,15,18)(H,19,20). The molecule has 0 aliphatic heterocycles. The Labute approximate surface area is 120 Å². The molecule has 104 valence electrons. The smallest absolute Gasteiger partial charge is 0.339 e. The first-order chi connectivity index (χ1) is 9.49. The number of carbonyl (C=O) groups excluding carboxylic acids is 1. The summed E-state index contributed by atoms with van der Waals surface area (Å²) >= 11 is 5.77. The van der Waals surface area contributed by atoms with Crippen LogP contribution in [0.3, 0.4) is 0 Å². The van der Waals surface area contributed by atoms with E-state index in [1.807, 2.05) is 0 Å². The van der Waals surface area contributed by atoms with E-state index in [9.17, 15) is 9.59 Å². The number of carbonyl (C=O) groups is 2. The van der Waals surface area contributed by atoms with Gasteiger partial charge in [0.05, 0.1) is 6.20 Å². The normalized spacial score (nSPS) is 10.3. The molecule has 0 saturated carbocycles. The van der Waals surface area contributed by atoms with Crippen LogP contribution in [-0.4, -0.2) is 26.8 Å². The highest BCUT2D eigenvalue weighted by Crippen LogP contribution is 2.10. The largest absolute Gasteiger partial charge is 0.478 e. The Morgan fingerprint density at radius 3 is 2.60 bits per heavy atom. The molecular formula is C13H12ClN3O3. The zero-order chi connectivity index (χ0) is 14.7. The predicted octanol–water partition coefficient (Wildman–Crippen LogP) is 1.70. The average Bonchev–Trinajstić information content (AvgIpc) is 2.80. The number of rotatable bonds is 4. The van der Waals surface area contributed by atoms with Gasteiger partial charge in [0.2, 0.25) is 0 Å². The van der Waals surface area contributed by atoms with Crippen LogP contribution in [-0.2, 0) is 13.6 Å². The summed E-state index contributed by atoms with van der Waals surface area (Å²) in [4.78, 5) is 23.0. The van der Waals surface area contributed by atoms with Crippen LogP contribution in [0.1, 0.15) is 26.4 Å². The van der Waals surface area contributed by atoms with Crippen molar-refractivity contribution in [3.05, 3.63) is 52.3 Å². The van der Waals surface area contributed by atoms with Gasteiger partial charge in [0.25, 0.3) is 5.91 Å². The number of amides is 1. The van der Waals surface area contributed by atoms with E-state index in [4.69, 9.17) is 16.7 Å². The summed E-state index contributed by atoms with van der Waals surface area (Å²) in [6, 6.07) is 7.00. The number of hydrogen-bond donors (Lipinski definition) is 2. The van der Waals surface area contributed by atoms with E-state index in [0.29, 0.717) is 5.02 Å². The quantitative estimate of drug-likeness (QED) is 0.898. The van der Waals surface area contributed by atoms with Crippen LogP contribution in [0.5, 0.6) is 0 Å². The Bertz CT molecular complexity index is 649. The summed E-state index contributed by atoms with van der Waals surface area (Å²) in [6.45, 7) is 0.278. The average molecular weight is 294 g/mol. The molecule has 7 heteroatoms. The highest BCUT2D eigenvalue weighted by molar-refractivity contribution is 6.30. The Hall–Kier alpha value is -2.34. The molecule has 2 rings (SSSR count). The molecule has 0 atom stereocenters. The molecule has 0 aliphatic carbocycles. The van der Waals surface area contributed by atoms with Crippen molar-refractivity contribution in [3.63, 3.8) is 0 Å². The van der Waals surface area contributed by atoms with Gasteiger partial charge in [-0.05, 0) is 17.7 Å². The lowest BCUT2D eigenvalue weighted by Crippen LogP contribution is -2.27. The van der Waals surface area contributed by atoms with E-state index < -0.39 is 11.9 Å². The summed E-state index contributed by atoms with van der Waals surface area (Å²) < 4.78 is 1.24. The van der Waals surface area contributed by atoms with Gasteiger partial charge in [0.15, 0.2) is 0 Å². The van der Waals surface area contributed by atoms with E-state index in [-0.39, 0.29) is 17.8 Å². The van der Waals surface area contributed by atoms with Crippen molar-refractivity contribution in [2.24, 2.45) is 7.05 Å². The van der Waals surface area contributed by atoms with Gasteiger partial charge >= 0.3 is 5.97 Å². The van der Waals surface area contributed by atoms with Crippen LogP contribution in [0.2, 0.25) is 5.02 Å². The molecule has 6 nitrogen and oxygen atoms in total. The molecule has 0 aliphatic rings. The van der Waals surface area contributed by atoms with E-state index >= 15 is 0 Å². The number of nitrogens with one attached hydrogen (secondary N) is 1. The highest BCUT2D eigenvalue weighted by atomic mass is 35.5. The first-order valence-corrected chi connectivity index (χ1v) is 6.14. The van der Waals surface area contributed by atoms with Crippen LogP contribution in [0.25, 0.3) is 0 Å². The molecule has 1 amide bonds. The fourth-order valence-electron chi connectivity index (χ4n) is 1.73. The first kappa shape index (κ1) is 14.1. The number of carboxylic acids is 1. The molecule has 0 fully saturated rings. The Kier molecular flexibility index (Phi) is 4.05. The molecule has 0 radical (unpaired) electrons. The Balaban J connectivity index is 2.11. The molecule has 0 bridgehead atoms. The first-order valence-electron chi connectivity index (χ1n) is 5.77. The van der Waals surface area contributed by atoms with E-state index in [1.54, 1.807) is 24.3 Å². The number of benzene rings is 1. The van der Waals surface area contributed by atoms with Crippen molar-refractivity contribution in [2.75, 3.05) is 0 Å². The topological polar surface area (TPSA) is 84.2 Å². The minimum Gasteiger partial charge on any atom is -0.478 e. The van der Waals surface area contributed by atoms with Gasteiger partial charge in [0.1, 0.15) is 11.3 Å². The second-order valence-corrected chi connectivity index (χ2v) is 4.58. The molecule has 1 heterocycles. The number of aromatic nitrogens is 2. The number of carboxylic acid groups (broad SMARTS) is 1. The number of halogens is 1. The second-order valence-electron chi connectivity index (χ2n) is 4.14. The van der Waals surface area contributed by atoms with Gasteiger partial charge < -0.3 is 10.4 Å². The van der Waals surface area contributed by atoms with Gasteiger partial charge in [0, 0.05) is 18.6 Å².